The van der Waals surface area contributed by atoms with E-state index in [4.69, 9.17) is 4.74 Å². The van der Waals surface area contributed by atoms with E-state index >= 15 is 0 Å². The summed E-state index contributed by atoms with van der Waals surface area (Å²) in [5.74, 6) is -1.17. The minimum atomic E-state index is -1.08. The zero-order valence-electron chi connectivity index (χ0n) is 12.2. The Hall–Kier alpha value is -2.08. The number of carboxylic acids is 2. The minimum Gasteiger partial charge on any atom is -0.494 e. The summed E-state index contributed by atoms with van der Waals surface area (Å²) >= 11 is 0. The van der Waals surface area contributed by atoms with Gasteiger partial charge in [-0.2, -0.15) is 0 Å². The van der Waals surface area contributed by atoms with Crippen molar-refractivity contribution in [3.8, 4) is 5.75 Å². The Balaban J connectivity index is 1.49. The number of piperidine rings is 1. The molecular formula is C16H19NO5. The molecule has 3 rings (SSSR count). The second kappa shape index (κ2) is 5.28. The zero-order chi connectivity index (χ0) is 15.8. The maximum atomic E-state index is 11.4. The van der Waals surface area contributed by atoms with Crippen LogP contribution in [0.2, 0.25) is 0 Å². The van der Waals surface area contributed by atoms with Gasteiger partial charge in [-0.05, 0) is 25.0 Å². The van der Waals surface area contributed by atoms with Gasteiger partial charge >= 0.3 is 11.9 Å². The van der Waals surface area contributed by atoms with E-state index in [1.165, 1.54) is 0 Å². The van der Waals surface area contributed by atoms with Crippen LogP contribution in [0.4, 0.5) is 0 Å². The smallest absolute Gasteiger partial charge is 0.312 e. The van der Waals surface area contributed by atoms with E-state index < -0.39 is 22.8 Å². The van der Waals surface area contributed by atoms with Crippen molar-refractivity contribution in [2.45, 2.75) is 12.8 Å². The van der Waals surface area contributed by atoms with Gasteiger partial charge in [0.25, 0.3) is 0 Å². The molecule has 1 heterocycles. The van der Waals surface area contributed by atoms with Crippen LogP contribution in [0.1, 0.15) is 12.8 Å². The van der Waals surface area contributed by atoms with Crippen molar-refractivity contribution < 1.29 is 24.5 Å². The molecule has 6 nitrogen and oxygen atoms in total. The fourth-order valence-electron chi connectivity index (χ4n) is 3.55. The molecule has 2 fully saturated rings. The Morgan fingerprint density at radius 1 is 1.09 bits per heavy atom. The first-order valence-corrected chi connectivity index (χ1v) is 7.37. The number of carboxylic acid groups (broad SMARTS) is 2. The summed E-state index contributed by atoms with van der Waals surface area (Å²) in [6, 6.07) is 9.47. The molecule has 1 saturated carbocycles. The van der Waals surface area contributed by atoms with Crippen LogP contribution in [0.25, 0.3) is 0 Å². The Bertz CT molecular complexity index is 561. The van der Waals surface area contributed by atoms with E-state index in [-0.39, 0.29) is 6.42 Å². The van der Waals surface area contributed by atoms with Gasteiger partial charge in [0, 0.05) is 19.6 Å². The van der Waals surface area contributed by atoms with Crippen LogP contribution >= 0.6 is 0 Å². The van der Waals surface area contributed by atoms with Gasteiger partial charge in [0.15, 0.2) is 0 Å². The molecule has 0 aromatic heterocycles. The fourth-order valence-corrected chi connectivity index (χ4v) is 3.55. The first kappa shape index (κ1) is 14.8. The predicted molar refractivity (Wildman–Crippen MR) is 77.7 cm³/mol. The number of ether oxygens (including phenoxy) is 1. The van der Waals surface area contributed by atoms with Crippen molar-refractivity contribution in [2.24, 2.45) is 10.8 Å². The first-order chi connectivity index (χ1) is 10.5. The molecule has 1 aliphatic carbocycles. The minimum absolute atomic E-state index is 0.252. The van der Waals surface area contributed by atoms with Crippen molar-refractivity contribution in [1.82, 2.24) is 4.90 Å². The maximum absolute atomic E-state index is 11.4. The third kappa shape index (κ3) is 2.23. The number of rotatable bonds is 7. The normalized spacial score (nSPS) is 29.8. The van der Waals surface area contributed by atoms with Crippen LogP contribution in [-0.2, 0) is 9.59 Å². The molecule has 1 aromatic rings. The SMILES string of the molecule is O=C(O)[C@@]12CN(CCCOc3ccccc3)C[C@]1(C(=O)O)C2. The molecule has 0 spiro atoms. The molecule has 0 bridgehead atoms. The number of carbonyl (C=O) groups is 2. The highest BCUT2D eigenvalue weighted by atomic mass is 16.5. The van der Waals surface area contributed by atoms with Crippen molar-refractivity contribution in [2.75, 3.05) is 26.2 Å². The van der Waals surface area contributed by atoms with Gasteiger partial charge in [-0.3, -0.25) is 9.59 Å². The number of benzene rings is 1. The average Bonchev–Trinajstić information content (AvgIpc) is 3.04. The van der Waals surface area contributed by atoms with E-state index in [1.807, 2.05) is 35.2 Å². The first-order valence-electron chi connectivity index (χ1n) is 7.37. The van der Waals surface area contributed by atoms with Crippen molar-refractivity contribution >= 4 is 11.9 Å². The quantitative estimate of drug-likeness (QED) is 0.739. The molecule has 1 aromatic carbocycles. The Morgan fingerprint density at radius 2 is 1.68 bits per heavy atom. The highest BCUT2D eigenvalue weighted by Gasteiger charge is 2.80. The molecule has 118 valence electrons. The molecule has 22 heavy (non-hydrogen) atoms. The lowest BCUT2D eigenvalue weighted by atomic mass is 9.97. The van der Waals surface area contributed by atoms with E-state index in [0.717, 1.165) is 12.2 Å². The van der Waals surface area contributed by atoms with E-state index in [2.05, 4.69) is 0 Å². The lowest BCUT2D eigenvalue weighted by molar-refractivity contribution is -0.151. The van der Waals surface area contributed by atoms with Gasteiger partial charge in [0.1, 0.15) is 5.75 Å². The Labute approximate surface area is 128 Å². The van der Waals surface area contributed by atoms with Crippen LogP contribution in [0, 0.1) is 10.8 Å². The number of aliphatic carboxylic acids is 2. The molecule has 2 aliphatic rings. The third-order valence-electron chi connectivity index (χ3n) is 4.83. The van der Waals surface area contributed by atoms with E-state index in [0.29, 0.717) is 26.2 Å². The second-order valence-corrected chi connectivity index (χ2v) is 6.18. The predicted octanol–water partition coefficient (Wildman–Crippen LogP) is 1.32. The summed E-state index contributed by atoms with van der Waals surface area (Å²) in [6.45, 7) is 1.82. The highest BCUT2D eigenvalue weighted by Crippen LogP contribution is 2.68. The number of fused-ring (bicyclic) bond motifs is 1. The maximum Gasteiger partial charge on any atom is 0.312 e. The summed E-state index contributed by atoms with van der Waals surface area (Å²) in [6.07, 6.45) is 0.988. The molecule has 1 aliphatic heterocycles. The number of hydrogen-bond acceptors (Lipinski definition) is 4. The van der Waals surface area contributed by atoms with Gasteiger partial charge in [-0.15, -0.1) is 0 Å². The summed E-state index contributed by atoms with van der Waals surface area (Å²) < 4.78 is 5.59. The van der Waals surface area contributed by atoms with Gasteiger partial charge in [0.05, 0.1) is 17.4 Å². The van der Waals surface area contributed by atoms with Gasteiger partial charge in [-0.25, -0.2) is 0 Å². The number of hydrogen-bond donors (Lipinski definition) is 2. The van der Waals surface area contributed by atoms with Crippen LogP contribution in [0.5, 0.6) is 5.75 Å². The lowest BCUT2D eigenvalue weighted by Crippen LogP contribution is -2.30. The zero-order valence-corrected chi connectivity index (χ0v) is 12.2. The largest absolute Gasteiger partial charge is 0.494 e. The van der Waals surface area contributed by atoms with Crippen LogP contribution < -0.4 is 4.74 Å². The molecule has 2 N–H and O–H groups in total. The summed E-state index contributed by atoms with van der Waals surface area (Å²) in [7, 11) is 0. The summed E-state index contributed by atoms with van der Waals surface area (Å²) in [4.78, 5) is 24.8. The van der Waals surface area contributed by atoms with Gasteiger partial charge in [-0.1, -0.05) is 18.2 Å². The Kier molecular flexibility index (Phi) is 3.56. The van der Waals surface area contributed by atoms with E-state index in [9.17, 15) is 19.8 Å². The number of para-hydroxylation sites is 1. The molecule has 2 atom stereocenters. The standard InChI is InChI=1S/C16H19NO5/c18-13(19)15-9-16(15,14(20)21)11-17(10-15)7-4-8-22-12-5-2-1-3-6-12/h1-3,5-6H,4,7-11H2,(H,18,19)(H,20,21)/t15-,16+. The molecule has 0 unspecified atom stereocenters. The number of likely N-dealkylation sites (tertiary alicyclic amines) is 1. The molecule has 6 heteroatoms. The monoisotopic (exact) mass is 305 g/mol. The van der Waals surface area contributed by atoms with Gasteiger partial charge < -0.3 is 19.8 Å². The lowest BCUT2D eigenvalue weighted by Gasteiger charge is -2.19. The van der Waals surface area contributed by atoms with Gasteiger partial charge in [0.2, 0.25) is 0 Å². The molecule has 0 amide bonds. The summed E-state index contributed by atoms with van der Waals surface area (Å²) in [5.41, 5.74) is -2.17. The van der Waals surface area contributed by atoms with Crippen molar-refractivity contribution in [1.29, 1.82) is 0 Å². The van der Waals surface area contributed by atoms with Crippen LogP contribution in [0.15, 0.2) is 30.3 Å². The van der Waals surface area contributed by atoms with Crippen LogP contribution in [0.3, 0.4) is 0 Å². The molecule has 1 saturated heterocycles. The third-order valence-corrected chi connectivity index (χ3v) is 4.83. The summed E-state index contributed by atoms with van der Waals surface area (Å²) in [5, 5.41) is 18.7. The molecular weight excluding hydrogens is 286 g/mol. The van der Waals surface area contributed by atoms with E-state index in [1.54, 1.807) is 0 Å². The molecule has 0 radical (unpaired) electrons. The second-order valence-electron chi connectivity index (χ2n) is 6.18. The Morgan fingerprint density at radius 3 is 2.23 bits per heavy atom. The number of nitrogens with zero attached hydrogens (tertiary/aromatic N) is 1. The fraction of sp³-hybridized carbons (Fsp3) is 0.500. The van der Waals surface area contributed by atoms with Crippen molar-refractivity contribution in [3.63, 3.8) is 0 Å². The van der Waals surface area contributed by atoms with Crippen LogP contribution in [-0.4, -0.2) is 53.3 Å². The van der Waals surface area contributed by atoms with Crippen molar-refractivity contribution in [3.05, 3.63) is 30.3 Å². The topological polar surface area (TPSA) is 87.1 Å². The average molecular weight is 305 g/mol. The highest BCUT2D eigenvalue weighted by molar-refractivity contribution is 5.94.